The molecule has 5 rings (SSSR count). The Hall–Kier alpha value is -2.47. The van der Waals surface area contributed by atoms with Crippen LogP contribution in [0.4, 0.5) is 5.69 Å². The van der Waals surface area contributed by atoms with Crippen LogP contribution in [-0.4, -0.2) is 33.8 Å². The van der Waals surface area contributed by atoms with Gasteiger partial charge in [-0.15, -0.1) is 0 Å². The van der Waals surface area contributed by atoms with E-state index in [1.807, 2.05) is 12.1 Å². The van der Waals surface area contributed by atoms with Gasteiger partial charge in [0.25, 0.3) is 0 Å². The molecule has 3 saturated heterocycles. The van der Waals surface area contributed by atoms with E-state index in [-0.39, 0.29) is 35.9 Å². The minimum atomic E-state index is -0.300. The summed E-state index contributed by atoms with van der Waals surface area (Å²) >= 11 is 0. The van der Waals surface area contributed by atoms with Gasteiger partial charge in [0.05, 0.1) is 42.5 Å². The van der Waals surface area contributed by atoms with Crippen molar-refractivity contribution in [1.82, 2.24) is 9.78 Å². The van der Waals surface area contributed by atoms with Gasteiger partial charge in [0.1, 0.15) is 0 Å². The summed E-state index contributed by atoms with van der Waals surface area (Å²) in [7, 11) is 0. The highest BCUT2D eigenvalue weighted by atomic mass is 16.5. The van der Waals surface area contributed by atoms with Crippen molar-refractivity contribution in [3.8, 4) is 0 Å². The lowest BCUT2D eigenvalue weighted by Gasteiger charge is -2.15. The third kappa shape index (κ3) is 2.10. The van der Waals surface area contributed by atoms with Gasteiger partial charge < -0.3 is 4.74 Å². The molecule has 6 nitrogen and oxygen atoms in total. The second kappa shape index (κ2) is 5.26. The number of fused-ring (bicyclic) bond motifs is 5. The summed E-state index contributed by atoms with van der Waals surface area (Å²) in [6.45, 7) is 2.67. The fraction of sp³-hybridized carbons (Fsp3) is 0.421. The molecule has 2 amide bonds. The Morgan fingerprint density at radius 1 is 1.12 bits per heavy atom. The molecule has 6 heteroatoms. The van der Waals surface area contributed by atoms with Crippen molar-refractivity contribution in [2.75, 3.05) is 4.90 Å². The van der Waals surface area contributed by atoms with Crippen molar-refractivity contribution in [1.29, 1.82) is 0 Å². The standard InChI is InChI=1S/C19H19N3O3/c1-11-4-2-3-5-12(11)9-21-10-13(8-20-21)22-18(23)16-14-6-7-15(25-14)17(16)19(22)24/h2-5,8,10,14-17H,6-7,9H2,1H3/t14-,15-,16-,17+/m1/s1. The molecule has 25 heavy (non-hydrogen) atoms. The van der Waals surface area contributed by atoms with Crippen LogP contribution < -0.4 is 4.90 Å². The first kappa shape index (κ1) is 14.8. The molecule has 0 aliphatic carbocycles. The van der Waals surface area contributed by atoms with E-state index < -0.39 is 0 Å². The van der Waals surface area contributed by atoms with Crippen LogP contribution in [0.1, 0.15) is 24.0 Å². The van der Waals surface area contributed by atoms with Crippen LogP contribution in [-0.2, 0) is 20.9 Å². The van der Waals surface area contributed by atoms with E-state index in [9.17, 15) is 9.59 Å². The Bertz CT molecular complexity index is 846. The number of nitrogens with zero attached hydrogens (tertiary/aromatic N) is 3. The highest BCUT2D eigenvalue weighted by Crippen LogP contribution is 2.49. The van der Waals surface area contributed by atoms with Gasteiger partial charge in [-0.3, -0.25) is 14.3 Å². The monoisotopic (exact) mass is 337 g/mol. The lowest BCUT2D eigenvalue weighted by atomic mass is 9.81. The average molecular weight is 337 g/mol. The summed E-state index contributed by atoms with van der Waals surface area (Å²) < 4.78 is 7.55. The van der Waals surface area contributed by atoms with Gasteiger partial charge in [-0.2, -0.15) is 5.10 Å². The van der Waals surface area contributed by atoms with E-state index in [2.05, 4.69) is 24.2 Å². The van der Waals surface area contributed by atoms with Crippen LogP contribution in [0.3, 0.4) is 0 Å². The summed E-state index contributed by atoms with van der Waals surface area (Å²) in [4.78, 5) is 26.9. The van der Waals surface area contributed by atoms with E-state index in [0.717, 1.165) is 12.8 Å². The number of rotatable bonds is 3. The molecule has 1 aromatic carbocycles. The van der Waals surface area contributed by atoms with Crippen molar-refractivity contribution in [2.24, 2.45) is 11.8 Å². The first-order chi connectivity index (χ1) is 12.1. The smallest absolute Gasteiger partial charge is 0.240 e. The van der Waals surface area contributed by atoms with Crippen molar-refractivity contribution in [2.45, 2.75) is 38.5 Å². The van der Waals surface area contributed by atoms with Crippen LogP contribution in [0, 0.1) is 18.8 Å². The molecule has 2 bridgehead atoms. The Kier molecular flexibility index (Phi) is 3.12. The highest BCUT2D eigenvalue weighted by molar-refractivity contribution is 6.22. The molecule has 1 aromatic heterocycles. The molecule has 4 atom stereocenters. The number of carbonyl (C=O) groups is 2. The highest BCUT2D eigenvalue weighted by Gasteiger charge is 2.62. The molecule has 2 aromatic rings. The fourth-order valence-corrected chi connectivity index (χ4v) is 4.48. The first-order valence-corrected chi connectivity index (χ1v) is 8.74. The first-order valence-electron chi connectivity index (χ1n) is 8.74. The number of imide groups is 1. The van der Waals surface area contributed by atoms with Gasteiger partial charge >= 0.3 is 0 Å². The summed E-state index contributed by atoms with van der Waals surface area (Å²) in [6.07, 6.45) is 4.98. The maximum atomic E-state index is 12.8. The van der Waals surface area contributed by atoms with Crippen LogP contribution in [0.2, 0.25) is 0 Å². The van der Waals surface area contributed by atoms with E-state index in [4.69, 9.17) is 4.74 Å². The Labute approximate surface area is 145 Å². The van der Waals surface area contributed by atoms with E-state index in [1.165, 1.54) is 16.0 Å². The fourth-order valence-electron chi connectivity index (χ4n) is 4.48. The Morgan fingerprint density at radius 2 is 1.80 bits per heavy atom. The molecule has 3 fully saturated rings. The van der Waals surface area contributed by atoms with E-state index in [0.29, 0.717) is 12.2 Å². The zero-order valence-corrected chi connectivity index (χ0v) is 14.0. The molecule has 3 aliphatic heterocycles. The van der Waals surface area contributed by atoms with Crippen LogP contribution >= 0.6 is 0 Å². The number of amides is 2. The van der Waals surface area contributed by atoms with Crippen molar-refractivity contribution >= 4 is 17.5 Å². The van der Waals surface area contributed by atoms with Gasteiger partial charge in [0.15, 0.2) is 0 Å². The number of benzene rings is 1. The van der Waals surface area contributed by atoms with Gasteiger partial charge in [0, 0.05) is 6.20 Å². The zero-order chi connectivity index (χ0) is 17.1. The zero-order valence-electron chi connectivity index (χ0n) is 14.0. The predicted octanol–water partition coefficient (Wildman–Crippen LogP) is 1.91. The Balaban J connectivity index is 1.41. The maximum absolute atomic E-state index is 12.8. The average Bonchev–Trinajstić information content (AvgIpc) is 3.35. The lowest BCUT2D eigenvalue weighted by molar-refractivity contribution is -0.124. The SMILES string of the molecule is Cc1ccccc1Cn1cc(N2C(=O)[C@@H]3[C@H](C2=O)[C@H]2CC[C@H]3O2)cn1. The number of aryl methyl sites for hydroxylation is 1. The van der Waals surface area contributed by atoms with Crippen LogP contribution in [0.15, 0.2) is 36.7 Å². The maximum Gasteiger partial charge on any atom is 0.240 e. The molecule has 0 saturated carbocycles. The lowest BCUT2D eigenvalue weighted by Crippen LogP contribution is -2.34. The topological polar surface area (TPSA) is 64.4 Å². The number of aromatic nitrogens is 2. The van der Waals surface area contributed by atoms with Crippen LogP contribution in [0.25, 0.3) is 0 Å². The number of hydrogen-bond acceptors (Lipinski definition) is 4. The summed E-state index contributed by atoms with van der Waals surface area (Å²) in [5.74, 6) is -0.854. The Morgan fingerprint density at radius 3 is 2.48 bits per heavy atom. The van der Waals surface area contributed by atoms with Gasteiger partial charge in [-0.25, -0.2) is 4.90 Å². The normalized spacial score (nSPS) is 30.4. The molecule has 0 N–H and O–H groups in total. The third-order valence-corrected chi connectivity index (χ3v) is 5.76. The molecule has 0 unspecified atom stereocenters. The van der Waals surface area contributed by atoms with E-state index >= 15 is 0 Å². The molecular formula is C19H19N3O3. The largest absolute Gasteiger partial charge is 0.373 e. The van der Waals surface area contributed by atoms with Crippen molar-refractivity contribution in [3.05, 3.63) is 47.8 Å². The van der Waals surface area contributed by atoms with Crippen LogP contribution in [0.5, 0.6) is 0 Å². The quantitative estimate of drug-likeness (QED) is 0.803. The minimum absolute atomic E-state index is 0.0848. The minimum Gasteiger partial charge on any atom is -0.373 e. The molecule has 4 heterocycles. The number of hydrogen-bond donors (Lipinski definition) is 0. The molecule has 128 valence electrons. The third-order valence-electron chi connectivity index (χ3n) is 5.76. The number of ether oxygens (including phenoxy) is 1. The summed E-state index contributed by atoms with van der Waals surface area (Å²) in [5.41, 5.74) is 2.92. The second-order valence-corrected chi connectivity index (χ2v) is 7.18. The summed E-state index contributed by atoms with van der Waals surface area (Å²) in [6, 6.07) is 8.12. The molecule has 3 aliphatic rings. The number of carbonyl (C=O) groups excluding carboxylic acids is 2. The second-order valence-electron chi connectivity index (χ2n) is 7.18. The summed E-state index contributed by atoms with van der Waals surface area (Å²) in [5, 5.41) is 4.35. The predicted molar refractivity (Wildman–Crippen MR) is 89.9 cm³/mol. The molecular weight excluding hydrogens is 318 g/mol. The van der Waals surface area contributed by atoms with Crippen molar-refractivity contribution < 1.29 is 14.3 Å². The van der Waals surface area contributed by atoms with Gasteiger partial charge in [-0.05, 0) is 30.9 Å². The van der Waals surface area contributed by atoms with Crippen molar-refractivity contribution in [3.63, 3.8) is 0 Å². The van der Waals surface area contributed by atoms with E-state index in [1.54, 1.807) is 17.1 Å². The van der Waals surface area contributed by atoms with Gasteiger partial charge in [-0.1, -0.05) is 24.3 Å². The van der Waals surface area contributed by atoms with Gasteiger partial charge in [0.2, 0.25) is 11.8 Å². The number of anilines is 1. The molecule has 0 radical (unpaired) electrons. The molecule has 0 spiro atoms.